The van der Waals surface area contributed by atoms with Crippen LogP contribution in [-0.2, 0) is 18.3 Å². The first kappa shape index (κ1) is 42.5. The Hall–Kier alpha value is -2.69. The first-order valence-electron chi connectivity index (χ1n) is 17.9. The van der Waals surface area contributed by atoms with Crippen molar-refractivity contribution in [2.75, 3.05) is 73.6 Å². The predicted molar refractivity (Wildman–Crippen MR) is 196 cm³/mol. The van der Waals surface area contributed by atoms with Crippen molar-refractivity contribution in [3.63, 3.8) is 0 Å². The van der Waals surface area contributed by atoms with Gasteiger partial charge in [-0.3, -0.25) is 9.36 Å². The zero-order valence-electron chi connectivity index (χ0n) is 31.1. The normalized spacial score (nSPS) is 13.6. The predicted octanol–water partition coefficient (Wildman–Crippen LogP) is 7.49. The van der Waals surface area contributed by atoms with E-state index in [0.717, 1.165) is 35.7 Å². The highest BCUT2D eigenvalue weighted by Crippen LogP contribution is 2.38. The number of carbonyl (C=O) groups excluding carboxylic acids is 2. The maximum atomic E-state index is 13.3. The van der Waals surface area contributed by atoms with Gasteiger partial charge in [-0.05, 0) is 36.1 Å². The summed E-state index contributed by atoms with van der Waals surface area (Å²) in [7, 11) is 6.34. The molecule has 2 atom stereocenters. The number of rotatable bonds is 26. The van der Waals surface area contributed by atoms with Gasteiger partial charge in [-0.1, -0.05) is 83.6 Å². The molecule has 2 rings (SSSR count). The minimum Gasteiger partial charge on any atom is -0.756 e. The number of nitrogens with one attached hydrogen (secondary N) is 1. The summed E-state index contributed by atoms with van der Waals surface area (Å²) in [5, 5.41) is 3.96. The number of Topliss-reactive ketones (excluding diaryl/α,β-unsaturated/α-hetero) is 1. The third-order valence-corrected chi connectivity index (χ3v) is 9.29. The van der Waals surface area contributed by atoms with Crippen LogP contribution < -0.4 is 19.8 Å². The van der Waals surface area contributed by atoms with Crippen molar-refractivity contribution in [1.82, 2.24) is 5.32 Å². The van der Waals surface area contributed by atoms with Crippen LogP contribution in [0.1, 0.15) is 101 Å². The van der Waals surface area contributed by atoms with E-state index in [-0.39, 0.29) is 19.0 Å². The maximum absolute atomic E-state index is 13.3. The number of hydrogen-bond acceptors (Lipinski definition) is 9. The van der Waals surface area contributed by atoms with E-state index in [9.17, 15) is 19.0 Å². The molecular formula is C37H62N3O8P. The summed E-state index contributed by atoms with van der Waals surface area (Å²) in [5.41, 5.74) is 1.48. The molecule has 0 fully saturated rings. The fourth-order valence-electron chi connectivity index (χ4n) is 5.29. The maximum Gasteiger partial charge on any atom is 0.407 e. The number of quaternary nitrogens is 1. The summed E-state index contributed by atoms with van der Waals surface area (Å²) in [6.07, 6.45) is 13.3. The summed E-state index contributed by atoms with van der Waals surface area (Å²) >= 11 is 0. The highest BCUT2D eigenvalue weighted by atomic mass is 31.2. The van der Waals surface area contributed by atoms with Crippen molar-refractivity contribution in [2.24, 2.45) is 0 Å². The van der Waals surface area contributed by atoms with Gasteiger partial charge in [0.15, 0.2) is 11.9 Å². The molecule has 0 heterocycles. The van der Waals surface area contributed by atoms with Crippen molar-refractivity contribution < 1.29 is 42.1 Å². The molecule has 0 aliphatic carbocycles. The number of fused-ring (bicyclic) bond motifs is 1. The van der Waals surface area contributed by atoms with Crippen LogP contribution >= 0.6 is 7.82 Å². The van der Waals surface area contributed by atoms with Gasteiger partial charge in [-0.15, -0.1) is 0 Å². The van der Waals surface area contributed by atoms with E-state index in [1.54, 1.807) is 6.07 Å². The molecule has 0 saturated carbocycles. The fourth-order valence-corrected chi connectivity index (χ4v) is 6.02. The number of hydrogen-bond donors (Lipinski definition) is 1. The Labute approximate surface area is 294 Å². The van der Waals surface area contributed by atoms with Gasteiger partial charge in [0.25, 0.3) is 7.82 Å². The second kappa shape index (κ2) is 22.2. The number of anilines is 1. The SMILES string of the molecule is CCCCCCCCCCCCCCC(=O)c1cc(OC[C@H](COP(=O)([O-])OCC[N+](C)(C)C)OC(=O)NC)c2cc(N(C)C)ccc2c1. The number of nitrogens with zero attached hydrogens (tertiary/aromatic N) is 2. The molecule has 12 heteroatoms. The van der Waals surface area contributed by atoms with Crippen LogP contribution in [0.15, 0.2) is 30.3 Å². The Kier molecular flexibility index (Phi) is 19.2. The Balaban J connectivity index is 2.06. The molecule has 1 N–H and O–H groups in total. The van der Waals surface area contributed by atoms with Gasteiger partial charge in [-0.2, -0.15) is 0 Å². The third-order valence-electron chi connectivity index (χ3n) is 8.33. The lowest BCUT2D eigenvalue weighted by atomic mass is 9.99. The minimum absolute atomic E-state index is 0.0373. The summed E-state index contributed by atoms with van der Waals surface area (Å²) in [6.45, 7) is 1.92. The van der Waals surface area contributed by atoms with Crippen LogP contribution in [0.25, 0.3) is 10.8 Å². The van der Waals surface area contributed by atoms with E-state index >= 15 is 0 Å². The summed E-state index contributed by atoms with van der Waals surface area (Å²) < 4.78 is 34.5. The largest absolute Gasteiger partial charge is 0.756 e. The lowest BCUT2D eigenvalue weighted by Gasteiger charge is -2.28. The van der Waals surface area contributed by atoms with E-state index in [0.29, 0.717) is 28.8 Å². The molecule has 1 unspecified atom stereocenters. The van der Waals surface area contributed by atoms with E-state index in [1.807, 2.05) is 64.4 Å². The molecule has 11 nitrogen and oxygen atoms in total. The zero-order chi connectivity index (χ0) is 36.3. The molecule has 2 aromatic carbocycles. The molecule has 0 aromatic heterocycles. The average molecular weight is 708 g/mol. The molecule has 1 amide bonds. The topological polar surface area (TPSA) is 126 Å². The van der Waals surface area contributed by atoms with Crippen LogP contribution in [0, 0.1) is 0 Å². The fraction of sp³-hybridized carbons (Fsp3) is 0.676. The standard InChI is InChI=1S/C37H62N3O8P/c1-8-9-10-11-12-13-14-15-16-17-18-19-20-35(41)31-25-30-21-22-32(39(3)4)27-34(30)36(26-31)45-28-33(48-37(42)38-2)29-47-49(43,44)46-24-23-40(5,6)7/h21-22,25-27,33H,8-20,23-24,28-29H2,1-7H3,(H-,38,42,43,44)/t33-/m1/s1. The first-order valence-corrected chi connectivity index (χ1v) is 19.4. The molecule has 278 valence electrons. The van der Waals surface area contributed by atoms with E-state index in [1.165, 1.54) is 64.8 Å². The Bertz CT molecular complexity index is 1330. The van der Waals surface area contributed by atoms with Gasteiger partial charge in [0, 0.05) is 44.2 Å². The van der Waals surface area contributed by atoms with Crippen molar-refractivity contribution >= 4 is 36.2 Å². The molecule has 0 saturated heterocycles. The van der Waals surface area contributed by atoms with Crippen molar-refractivity contribution in [1.29, 1.82) is 0 Å². The number of phosphoric acid groups is 1. The number of unbranched alkanes of at least 4 members (excludes halogenated alkanes) is 11. The van der Waals surface area contributed by atoms with E-state index in [2.05, 4.69) is 12.2 Å². The lowest BCUT2D eigenvalue weighted by molar-refractivity contribution is -0.870. The number of alkyl carbamates (subject to hydrolysis) is 1. The van der Waals surface area contributed by atoms with E-state index in [4.69, 9.17) is 18.5 Å². The molecule has 0 spiro atoms. The van der Waals surface area contributed by atoms with Gasteiger partial charge < -0.3 is 38.1 Å². The number of ketones is 1. The number of phosphoric ester groups is 1. The van der Waals surface area contributed by atoms with E-state index < -0.39 is 26.6 Å². The number of carbonyl (C=O) groups is 2. The molecule has 49 heavy (non-hydrogen) atoms. The zero-order valence-corrected chi connectivity index (χ0v) is 32.0. The Morgan fingerprint density at radius 1 is 0.878 bits per heavy atom. The van der Waals surface area contributed by atoms with Crippen molar-refractivity contribution in [3.8, 4) is 5.75 Å². The van der Waals surface area contributed by atoms with Gasteiger partial charge in [0.1, 0.15) is 25.5 Å². The number of ether oxygens (including phenoxy) is 2. The second-order valence-corrected chi connectivity index (χ2v) is 15.4. The molecule has 0 radical (unpaired) electrons. The summed E-state index contributed by atoms with van der Waals surface area (Å²) in [6, 6.07) is 9.48. The lowest BCUT2D eigenvalue weighted by Crippen LogP contribution is -2.38. The Morgan fingerprint density at radius 3 is 2.06 bits per heavy atom. The van der Waals surface area contributed by atoms with Gasteiger partial charge in [-0.25, -0.2) is 4.79 Å². The summed E-state index contributed by atoms with van der Waals surface area (Å²) in [4.78, 5) is 39.8. The van der Waals surface area contributed by atoms with Crippen LogP contribution in [0.5, 0.6) is 5.75 Å². The van der Waals surface area contributed by atoms with Crippen LogP contribution in [0.2, 0.25) is 0 Å². The Morgan fingerprint density at radius 2 is 1.49 bits per heavy atom. The number of benzene rings is 2. The number of amides is 1. The summed E-state index contributed by atoms with van der Waals surface area (Å²) in [5.74, 6) is 0.463. The average Bonchev–Trinajstić information content (AvgIpc) is 3.04. The second-order valence-electron chi connectivity index (χ2n) is 14.0. The van der Waals surface area contributed by atoms with Crippen LogP contribution in [-0.4, -0.2) is 91.1 Å². The highest BCUT2D eigenvalue weighted by molar-refractivity contribution is 7.45. The smallest absolute Gasteiger partial charge is 0.407 e. The molecular weight excluding hydrogens is 645 g/mol. The molecule has 2 aromatic rings. The molecule has 0 bridgehead atoms. The minimum atomic E-state index is -4.66. The quantitative estimate of drug-likeness (QED) is 0.0458. The first-order chi connectivity index (χ1) is 23.2. The molecule has 0 aliphatic heterocycles. The van der Waals surface area contributed by atoms with Gasteiger partial charge >= 0.3 is 6.09 Å². The van der Waals surface area contributed by atoms with Crippen LogP contribution in [0.3, 0.4) is 0 Å². The van der Waals surface area contributed by atoms with Crippen molar-refractivity contribution in [3.05, 3.63) is 35.9 Å². The van der Waals surface area contributed by atoms with Gasteiger partial charge in [0.2, 0.25) is 0 Å². The van der Waals surface area contributed by atoms with Crippen LogP contribution in [0.4, 0.5) is 10.5 Å². The third kappa shape index (κ3) is 17.7. The highest BCUT2D eigenvalue weighted by Gasteiger charge is 2.22. The van der Waals surface area contributed by atoms with Crippen molar-refractivity contribution in [2.45, 2.75) is 96.5 Å². The number of likely N-dealkylation sites (N-methyl/N-ethyl adjacent to an activating group) is 1. The monoisotopic (exact) mass is 707 g/mol. The molecule has 0 aliphatic rings. The van der Waals surface area contributed by atoms with Gasteiger partial charge in [0.05, 0.1) is 27.7 Å².